The number of aldehydes is 6. The van der Waals surface area contributed by atoms with E-state index in [-0.39, 0.29) is 17.7 Å². The Bertz CT molecular complexity index is 2370. The second kappa shape index (κ2) is 36.8. The van der Waals surface area contributed by atoms with Crippen molar-refractivity contribution in [2.45, 2.75) is 53.1 Å². The van der Waals surface area contributed by atoms with Crippen LogP contribution < -0.4 is 0 Å². The summed E-state index contributed by atoms with van der Waals surface area (Å²) >= 11 is 5.64. The summed E-state index contributed by atoms with van der Waals surface area (Å²) in [5.41, 5.74) is 8.14. The standard InChI is InChI=1S/2C10H9FO.C10H10O.C9H9NO.C8H6ClNO.C8H12O2/c1-8-4-5-10(11)9(7-8)3-2-6-12;1-8-5-9(3-2-4-12)7-10(11)6-8;1-9-4-6-10(7-5-9)3-2-8-11;1-8-5-9(3-2-4-11)7-10-6-8;9-8-4-7(2-1-3-11)5-10-6-8;9-6-3-5-8-4-1-2-7-10-8/h2*2-7H,1H3;2-8H,1H3;2-7H,1H3;1-6H;3,5-6,8H,1-2,4,7H2/b4*3-2+;2-1+;5-3+. The first-order chi connectivity index (χ1) is 32.4. The molecule has 3 heterocycles. The van der Waals surface area contributed by atoms with Crippen LogP contribution in [-0.2, 0) is 33.5 Å². The summed E-state index contributed by atoms with van der Waals surface area (Å²) in [7, 11) is 0. The van der Waals surface area contributed by atoms with E-state index in [2.05, 4.69) is 9.97 Å². The van der Waals surface area contributed by atoms with Crippen LogP contribution in [0.3, 0.4) is 0 Å². The van der Waals surface area contributed by atoms with Crippen LogP contribution in [0.25, 0.3) is 30.4 Å². The minimum Gasteiger partial charge on any atom is -0.374 e. The number of hydrogen-bond donors (Lipinski definition) is 0. The number of benzene rings is 3. The van der Waals surface area contributed by atoms with Gasteiger partial charge in [-0.1, -0.05) is 89.5 Å². The van der Waals surface area contributed by atoms with Crippen LogP contribution in [0.5, 0.6) is 0 Å². The monoisotopic (exact) mass is 928 g/mol. The summed E-state index contributed by atoms with van der Waals surface area (Å²) in [6, 6.07) is 21.1. The first kappa shape index (κ1) is 57.5. The molecule has 0 spiro atoms. The Kier molecular flexibility index (Phi) is 31.6. The van der Waals surface area contributed by atoms with Gasteiger partial charge >= 0.3 is 0 Å². The maximum Gasteiger partial charge on any atom is 0.142 e. The number of halogens is 3. The lowest BCUT2D eigenvalue weighted by Crippen LogP contribution is -2.16. The molecule has 0 bridgehead atoms. The van der Waals surface area contributed by atoms with Gasteiger partial charge in [0.05, 0.1) is 11.1 Å². The highest BCUT2D eigenvalue weighted by molar-refractivity contribution is 6.30. The van der Waals surface area contributed by atoms with E-state index < -0.39 is 0 Å². The minimum atomic E-state index is -0.307. The van der Waals surface area contributed by atoms with E-state index in [0.717, 1.165) is 71.7 Å². The van der Waals surface area contributed by atoms with E-state index in [4.69, 9.17) is 16.3 Å². The number of nitrogens with zero attached hydrogens (tertiary/aromatic N) is 2. The van der Waals surface area contributed by atoms with Crippen molar-refractivity contribution in [3.05, 3.63) is 207 Å². The molecule has 0 saturated carbocycles. The smallest absolute Gasteiger partial charge is 0.142 e. The Balaban J connectivity index is 0.000000402. The quantitative estimate of drug-likeness (QED) is 0.0884. The number of pyridine rings is 2. The van der Waals surface area contributed by atoms with Crippen molar-refractivity contribution in [2.75, 3.05) is 6.61 Å². The third kappa shape index (κ3) is 29.6. The molecule has 0 amide bonds. The highest BCUT2D eigenvalue weighted by Crippen LogP contribution is 2.14. The number of ether oxygens (including phenoxy) is 1. The molecule has 1 saturated heterocycles. The van der Waals surface area contributed by atoms with Crippen LogP contribution in [0.4, 0.5) is 8.78 Å². The van der Waals surface area contributed by atoms with Crippen molar-refractivity contribution in [3.8, 4) is 0 Å². The van der Waals surface area contributed by atoms with Crippen molar-refractivity contribution in [2.24, 2.45) is 0 Å². The molecule has 12 heteroatoms. The van der Waals surface area contributed by atoms with Crippen LogP contribution in [0.15, 0.2) is 140 Å². The molecule has 0 aliphatic carbocycles. The van der Waals surface area contributed by atoms with Gasteiger partial charge in [0.2, 0.25) is 0 Å². The molecule has 6 rings (SSSR count). The molecular formula is C55H55ClF2N2O7. The van der Waals surface area contributed by atoms with Gasteiger partial charge in [-0.3, -0.25) is 38.7 Å². The Morgan fingerprint density at radius 1 is 0.507 bits per heavy atom. The molecule has 348 valence electrons. The number of aryl methyl sites for hydroxylation is 4. The average molecular weight is 930 g/mol. The van der Waals surface area contributed by atoms with E-state index in [1.807, 2.05) is 63.2 Å². The molecule has 3 aromatic carbocycles. The molecule has 1 unspecified atom stereocenters. The summed E-state index contributed by atoms with van der Waals surface area (Å²) in [4.78, 5) is 67.5. The maximum absolute atomic E-state index is 12.9. The normalized spacial score (nSPS) is 12.9. The van der Waals surface area contributed by atoms with Gasteiger partial charge in [-0.15, -0.1) is 0 Å². The van der Waals surface area contributed by atoms with Crippen LogP contribution in [0.1, 0.15) is 69.3 Å². The number of rotatable bonds is 12. The highest BCUT2D eigenvalue weighted by Gasteiger charge is 2.09. The lowest BCUT2D eigenvalue weighted by molar-refractivity contribution is -0.104. The van der Waals surface area contributed by atoms with Gasteiger partial charge in [-0.25, -0.2) is 8.78 Å². The van der Waals surface area contributed by atoms with Crippen LogP contribution in [0, 0.1) is 39.3 Å². The van der Waals surface area contributed by atoms with Crippen molar-refractivity contribution in [1.82, 2.24) is 9.97 Å². The fourth-order valence-corrected chi connectivity index (χ4v) is 5.53. The second-order valence-electron chi connectivity index (χ2n) is 14.1. The van der Waals surface area contributed by atoms with Crippen molar-refractivity contribution >= 4 is 79.7 Å². The number of carbonyl (C=O) groups excluding carboxylic acids is 6. The zero-order chi connectivity index (χ0) is 49.5. The Labute approximate surface area is 397 Å². The summed E-state index contributed by atoms with van der Waals surface area (Å²) < 4.78 is 31.0. The minimum absolute atomic E-state index is 0.193. The Morgan fingerprint density at radius 2 is 1.03 bits per heavy atom. The molecule has 0 radical (unpaired) electrons. The van der Waals surface area contributed by atoms with Gasteiger partial charge in [0.15, 0.2) is 0 Å². The Hall–Kier alpha value is -7.47. The summed E-state index contributed by atoms with van der Waals surface area (Å²) in [5, 5.41) is 0.568. The topological polar surface area (TPSA) is 137 Å². The van der Waals surface area contributed by atoms with E-state index in [1.165, 1.54) is 72.7 Å². The predicted molar refractivity (Wildman–Crippen MR) is 266 cm³/mol. The van der Waals surface area contributed by atoms with Crippen molar-refractivity contribution < 1.29 is 42.3 Å². The summed E-state index contributed by atoms with van der Waals surface area (Å²) in [5.74, 6) is -0.584. The third-order valence-corrected chi connectivity index (χ3v) is 8.56. The maximum atomic E-state index is 12.9. The van der Waals surface area contributed by atoms with Gasteiger partial charge in [0.25, 0.3) is 0 Å². The molecule has 1 aliphatic heterocycles. The zero-order valence-corrected chi connectivity index (χ0v) is 38.7. The molecule has 2 aromatic heterocycles. The second-order valence-corrected chi connectivity index (χ2v) is 14.6. The van der Waals surface area contributed by atoms with E-state index in [0.29, 0.717) is 35.0 Å². The van der Waals surface area contributed by atoms with Crippen LogP contribution in [0.2, 0.25) is 5.02 Å². The van der Waals surface area contributed by atoms with Gasteiger partial charge in [0.1, 0.15) is 49.4 Å². The van der Waals surface area contributed by atoms with Gasteiger partial charge < -0.3 is 4.74 Å². The Morgan fingerprint density at radius 3 is 1.57 bits per heavy atom. The predicted octanol–water partition coefficient (Wildman–Crippen LogP) is 11.8. The van der Waals surface area contributed by atoms with E-state index in [1.54, 1.807) is 74.2 Å². The van der Waals surface area contributed by atoms with E-state index >= 15 is 0 Å². The number of hydrogen-bond acceptors (Lipinski definition) is 9. The summed E-state index contributed by atoms with van der Waals surface area (Å²) in [6.07, 6.45) is 33.1. The molecular weight excluding hydrogens is 874 g/mol. The molecule has 1 aliphatic rings. The van der Waals surface area contributed by atoms with Crippen LogP contribution in [-0.4, -0.2) is 60.4 Å². The number of aromatic nitrogens is 2. The lowest BCUT2D eigenvalue weighted by Gasteiger charge is -2.18. The lowest BCUT2D eigenvalue weighted by atomic mass is 10.1. The summed E-state index contributed by atoms with van der Waals surface area (Å²) in [6.45, 7) is 8.52. The number of allylic oxidation sites excluding steroid dienone is 6. The average Bonchev–Trinajstić information content (AvgIpc) is 3.32. The van der Waals surface area contributed by atoms with Gasteiger partial charge in [-0.05, 0) is 159 Å². The molecule has 67 heavy (non-hydrogen) atoms. The van der Waals surface area contributed by atoms with Gasteiger partial charge in [-0.2, -0.15) is 0 Å². The fraction of sp³-hybridized carbons (Fsp3) is 0.164. The van der Waals surface area contributed by atoms with Gasteiger partial charge in [0, 0.05) is 37.0 Å². The molecule has 5 aromatic rings. The largest absolute Gasteiger partial charge is 0.374 e. The van der Waals surface area contributed by atoms with Crippen LogP contribution >= 0.6 is 11.6 Å². The zero-order valence-electron chi connectivity index (χ0n) is 37.9. The third-order valence-electron chi connectivity index (χ3n) is 8.36. The molecule has 1 fully saturated rings. The van der Waals surface area contributed by atoms with Crippen molar-refractivity contribution in [1.29, 1.82) is 0 Å². The van der Waals surface area contributed by atoms with Crippen molar-refractivity contribution in [3.63, 3.8) is 0 Å². The van der Waals surface area contributed by atoms with E-state index in [9.17, 15) is 37.5 Å². The highest BCUT2D eigenvalue weighted by atomic mass is 35.5. The first-order valence-electron chi connectivity index (χ1n) is 20.8. The first-order valence-corrected chi connectivity index (χ1v) is 21.2. The molecule has 0 N–H and O–H groups in total. The SMILES string of the molecule is Cc1cc(F)cc(/C=C/C=O)c1.Cc1ccc(/C=C/C=O)cc1.Cc1ccc(F)c(/C=C/C=O)c1.Cc1cncc(/C=C/C=O)c1.O=C/C=C/C1CCCCO1.O=C/C=C/c1cncc(Cl)c1. The molecule has 9 nitrogen and oxygen atoms in total. The number of carbonyl (C=O) groups is 6. The molecule has 1 atom stereocenters. The fourth-order valence-electron chi connectivity index (χ4n) is 5.35.